The molecule has 1 aromatic rings. The second kappa shape index (κ2) is 13.0. The number of likely N-dealkylation sites (tertiary alicyclic amines) is 1. The molecule has 1 N–H and O–H groups in total. The van der Waals surface area contributed by atoms with Crippen molar-refractivity contribution >= 4 is 29.9 Å². The van der Waals surface area contributed by atoms with E-state index in [4.69, 9.17) is 14.2 Å². The van der Waals surface area contributed by atoms with Crippen LogP contribution in [0.2, 0.25) is 0 Å². The van der Waals surface area contributed by atoms with Crippen LogP contribution in [0.15, 0.2) is 17.1 Å². The first-order valence-corrected chi connectivity index (χ1v) is 10.1. The molecule has 1 saturated heterocycles. The fraction of sp³-hybridized carbons (Fsp3) is 0.667. The summed E-state index contributed by atoms with van der Waals surface area (Å²) in [5, 5.41) is 3.50. The average molecular weight is 520 g/mol. The van der Waals surface area contributed by atoms with Crippen LogP contribution in [0.25, 0.3) is 0 Å². The predicted octanol–water partition coefficient (Wildman–Crippen LogP) is 2.86. The van der Waals surface area contributed by atoms with Crippen LogP contribution in [0.5, 0.6) is 17.2 Å². The SMILES string of the molecule is CCN(CC)C1CCN(C(=NC)NCCc2c(OC)cc(OC)cc2OC)C1.I. The molecule has 0 amide bonds. The molecule has 7 nitrogen and oxygen atoms in total. The third-order valence-corrected chi connectivity index (χ3v) is 5.48. The lowest BCUT2D eigenvalue weighted by atomic mass is 10.1. The number of methoxy groups -OCH3 is 3. The van der Waals surface area contributed by atoms with Crippen molar-refractivity contribution < 1.29 is 14.2 Å². The first-order valence-electron chi connectivity index (χ1n) is 10.1. The van der Waals surface area contributed by atoms with Crippen LogP contribution in [0, 0.1) is 0 Å². The van der Waals surface area contributed by atoms with Crippen LogP contribution in [0.1, 0.15) is 25.8 Å². The van der Waals surface area contributed by atoms with Gasteiger partial charge in [0, 0.05) is 50.4 Å². The van der Waals surface area contributed by atoms with Gasteiger partial charge in [-0.1, -0.05) is 13.8 Å². The van der Waals surface area contributed by atoms with Crippen molar-refractivity contribution in [3.63, 3.8) is 0 Å². The molecule has 1 fully saturated rings. The molecule has 0 saturated carbocycles. The quantitative estimate of drug-likeness (QED) is 0.307. The highest BCUT2D eigenvalue weighted by atomic mass is 127. The van der Waals surface area contributed by atoms with Crippen LogP contribution in [0.4, 0.5) is 0 Å². The molecule has 1 aliphatic heterocycles. The molecule has 0 spiro atoms. The molecule has 166 valence electrons. The predicted molar refractivity (Wildman–Crippen MR) is 129 cm³/mol. The van der Waals surface area contributed by atoms with E-state index in [0.717, 1.165) is 67.9 Å². The largest absolute Gasteiger partial charge is 0.496 e. The van der Waals surface area contributed by atoms with Gasteiger partial charge in [-0.25, -0.2) is 0 Å². The average Bonchev–Trinajstić information content (AvgIpc) is 3.21. The van der Waals surface area contributed by atoms with E-state index in [-0.39, 0.29) is 24.0 Å². The van der Waals surface area contributed by atoms with Crippen LogP contribution in [-0.2, 0) is 6.42 Å². The normalized spacial score (nSPS) is 16.6. The van der Waals surface area contributed by atoms with Gasteiger partial charge in [0.05, 0.1) is 21.3 Å². The second-order valence-corrected chi connectivity index (χ2v) is 6.84. The zero-order valence-corrected chi connectivity index (χ0v) is 21.0. The lowest BCUT2D eigenvalue weighted by Gasteiger charge is -2.27. The molecule has 2 rings (SSSR count). The Morgan fingerprint density at radius 3 is 2.24 bits per heavy atom. The Hall–Kier alpha value is -1.42. The van der Waals surface area contributed by atoms with Gasteiger partial charge in [-0.3, -0.25) is 9.89 Å². The fourth-order valence-electron chi connectivity index (χ4n) is 3.93. The number of rotatable bonds is 9. The van der Waals surface area contributed by atoms with Gasteiger partial charge in [0.2, 0.25) is 0 Å². The monoisotopic (exact) mass is 520 g/mol. The molecule has 8 heteroatoms. The summed E-state index contributed by atoms with van der Waals surface area (Å²) in [4.78, 5) is 9.37. The Balaban J connectivity index is 0.00000420. The summed E-state index contributed by atoms with van der Waals surface area (Å²) >= 11 is 0. The van der Waals surface area contributed by atoms with Crippen LogP contribution in [0.3, 0.4) is 0 Å². The number of ether oxygens (including phenoxy) is 3. The molecule has 1 heterocycles. The van der Waals surface area contributed by atoms with E-state index in [9.17, 15) is 0 Å². The molecule has 0 aliphatic carbocycles. The molecule has 1 aliphatic rings. The Morgan fingerprint density at radius 2 is 1.76 bits per heavy atom. The standard InChI is InChI=1S/C21H36N4O3.HI/c1-7-24(8-2)16-10-12-25(15-16)21(22-3)23-11-9-18-19(27-5)13-17(26-4)14-20(18)28-6;/h13-14,16H,7-12,15H2,1-6H3,(H,22,23);1H. The van der Waals surface area contributed by atoms with Gasteiger partial charge >= 0.3 is 0 Å². The summed E-state index contributed by atoms with van der Waals surface area (Å²) in [6.07, 6.45) is 1.95. The number of aliphatic imine (C=N–C) groups is 1. The van der Waals surface area contributed by atoms with E-state index < -0.39 is 0 Å². The van der Waals surface area contributed by atoms with E-state index in [1.807, 2.05) is 19.2 Å². The van der Waals surface area contributed by atoms with Crippen molar-refractivity contribution in [2.45, 2.75) is 32.7 Å². The van der Waals surface area contributed by atoms with Gasteiger partial charge in [0.15, 0.2) is 5.96 Å². The smallest absolute Gasteiger partial charge is 0.193 e. The van der Waals surface area contributed by atoms with Crippen LogP contribution >= 0.6 is 24.0 Å². The first-order chi connectivity index (χ1) is 13.6. The highest BCUT2D eigenvalue weighted by Crippen LogP contribution is 2.34. The minimum absolute atomic E-state index is 0. The second-order valence-electron chi connectivity index (χ2n) is 6.84. The van der Waals surface area contributed by atoms with E-state index in [1.165, 1.54) is 6.42 Å². The Kier molecular flexibility index (Phi) is 11.5. The number of nitrogens with zero attached hydrogens (tertiary/aromatic N) is 3. The third kappa shape index (κ3) is 6.53. The van der Waals surface area contributed by atoms with Gasteiger partial charge < -0.3 is 24.4 Å². The van der Waals surface area contributed by atoms with Crippen LogP contribution < -0.4 is 19.5 Å². The van der Waals surface area contributed by atoms with E-state index in [0.29, 0.717) is 6.04 Å². The molecular weight excluding hydrogens is 483 g/mol. The van der Waals surface area contributed by atoms with Crippen molar-refractivity contribution in [1.82, 2.24) is 15.1 Å². The summed E-state index contributed by atoms with van der Waals surface area (Å²) in [5.74, 6) is 3.23. The van der Waals surface area contributed by atoms with Gasteiger partial charge in [0.25, 0.3) is 0 Å². The number of guanidine groups is 1. The van der Waals surface area contributed by atoms with Gasteiger partial charge in [-0.05, 0) is 25.9 Å². The molecule has 0 bridgehead atoms. The van der Waals surface area contributed by atoms with Crippen LogP contribution in [-0.4, -0.2) is 82.9 Å². The Morgan fingerprint density at radius 1 is 1.14 bits per heavy atom. The summed E-state index contributed by atoms with van der Waals surface area (Å²) < 4.78 is 16.4. The summed E-state index contributed by atoms with van der Waals surface area (Å²) in [7, 11) is 6.83. The first kappa shape index (κ1) is 25.6. The highest BCUT2D eigenvalue weighted by Gasteiger charge is 2.28. The molecular formula is C21H37IN4O3. The van der Waals surface area contributed by atoms with Crippen molar-refractivity contribution in [2.24, 2.45) is 4.99 Å². The fourth-order valence-corrected chi connectivity index (χ4v) is 3.93. The zero-order valence-electron chi connectivity index (χ0n) is 18.7. The molecule has 0 aromatic heterocycles. The van der Waals surface area contributed by atoms with Gasteiger partial charge in [0.1, 0.15) is 17.2 Å². The molecule has 1 aromatic carbocycles. The van der Waals surface area contributed by atoms with E-state index in [2.05, 4.69) is 34.0 Å². The van der Waals surface area contributed by atoms with E-state index >= 15 is 0 Å². The lowest BCUT2D eigenvalue weighted by molar-refractivity contribution is 0.223. The maximum absolute atomic E-state index is 5.55. The maximum Gasteiger partial charge on any atom is 0.193 e. The maximum atomic E-state index is 5.55. The lowest BCUT2D eigenvalue weighted by Crippen LogP contribution is -2.43. The van der Waals surface area contributed by atoms with Gasteiger partial charge in [-0.2, -0.15) is 0 Å². The summed E-state index contributed by atoms with van der Waals surface area (Å²) in [6, 6.07) is 4.39. The van der Waals surface area contributed by atoms with Crippen molar-refractivity contribution in [3.8, 4) is 17.2 Å². The number of hydrogen-bond acceptors (Lipinski definition) is 5. The van der Waals surface area contributed by atoms with Gasteiger partial charge in [-0.15, -0.1) is 24.0 Å². The minimum Gasteiger partial charge on any atom is -0.496 e. The number of hydrogen-bond donors (Lipinski definition) is 1. The zero-order chi connectivity index (χ0) is 20.5. The number of halogens is 1. The molecule has 0 radical (unpaired) electrons. The van der Waals surface area contributed by atoms with Crippen molar-refractivity contribution in [2.75, 3.05) is 61.1 Å². The topological polar surface area (TPSA) is 58.6 Å². The summed E-state index contributed by atoms with van der Waals surface area (Å²) in [5.41, 5.74) is 1.02. The Bertz CT molecular complexity index is 628. The highest BCUT2D eigenvalue weighted by molar-refractivity contribution is 14.0. The van der Waals surface area contributed by atoms with E-state index in [1.54, 1.807) is 21.3 Å². The third-order valence-electron chi connectivity index (χ3n) is 5.48. The molecule has 1 unspecified atom stereocenters. The molecule has 29 heavy (non-hydrogen) atoms. The van der Waals surface area contributed by atoms with Crippen molar-refractivity contribution in [3.05, 3.63) is 17.7 Å². The minimum atomic E-state index is 0. The van der Waals surface area contributed by atoms with Crippen molar-refractivity contribution in [1.29, 1.82) is 0 Å². The number of likely N-dealkylation sites (N-methyl/N-ethyl adjacent to an activating group) is 1. The molecule has 1 atom stereocenters. The summed E-state index contributed by atoms with van der Waals surface area (Å²) in [6.45, 7) is 9.46. The number of nitrogens with one attached hydrogen (secondary N) is 1. The Labute approximate surface area is 192 Å². The number of benzene rings is 1.